The van der Waals surface area contributed by atoms with Crippen LogP contribution >= 0.6 is 24.8 Å². The van der Waals surface area contributed by atoms with Gasteiger partial charge < -0.3 is 11.1 Å². The maximum absolute atomic E-state index is 13.2. The molecule has 0 saturated heterocycles. The van der Waals surface area contributed by atoms with Gasteiger partial charge in [-0.15, -0.1) is 24.8 Å². The number of nitrogens with two attached hydrogens (primary N) is 1. The molecule has 2 aromatic heterocycles. The number of rotatable bonds is 3. The van der Waals surface area contributed by atoms with Crippen LogP contribution in [0.3, 0.4) is 0 Å². The molecule has 2 fully saturated rings. The predicted octanol–water partition coefficient (Wildman–Crippen LogP) is 3.80. The highest BCUT2D eigenvalue weighted by atomic mass is 35.5. The van der Waals surface area contributed by atoms with Gasteiger partial charge in [0.25, 0.3) is 5.91 Å². The molecule has 2 saturated carbocycles. The number of aromatic nitrogens is 3. The Hall–Kier alpha value is -1.37. The van der Waals surface area contributed by atoms with E-state index in [0.29, 0.717) is 17.4 Å². The number of pyridine rings is 1. The molecule has 2 unspecified atom stereocenters. The van der Waals surface area contributed by atoms with Crippen LogP contribution < -0.4 is 11.1 Å². The van der Waals surface area contributed by atoms with Crippen LogP contribution in [0.1, 0.15) is 68.0 Å². The molecule has 0 aliphatic heterocycles. The van der Waals surface area contributed by atoms with Gasteiger partial charge in [-0.1, -0.05) is 6.42 Å². The SMILES string of the molecule is Cc1cc(C(=O)NC2C3CCCC2CC(N)C3)c2cnn(C(C)C)c2n1.Cl.Cl. The van der Waals surface area contributed by atoms with E-state index in [1.54, 1.807) is 6.20 Å². The summed E-state index contributed by atoms with van der Waals surface area (Å²) in [4.78, 5) is 17.8. The van der Waals surface area contributed by atoms with Crippen LogP contribution in [0.5, 0.6) is 0 Å². The van der Waals surface area contributed by atoms with E-state index in [2.05, 4.69) is 29.2 Å². The maximum atomic E-state index is 13.2. The Morgan fingerprint density at radius 3 is 2.50 bits per heavy atom. The molecule has 2 aromatic rings. The highest BCUT2D eigenvalue weighted by molar-refractivity contribution is 6.05. The van der Waals surface area contributed by atoms with Crippen molar-refractivity contribution in [3.8, 4) is 0 Å². The molecule has 6 nitrogen and oxygen atoms in total. The summed E-state index contributed by atoms with van der Waals surface area (Å²) in [5.41, 5.74) is 8.54. The number of nitrogens with zero attached hydrogens (tertiary/aromatic N) is 3. The van der Waals surface area contributed by atoms with E-state index < -0.39 is 0 Å². The first kappa shape index (κ1) is 22.9. The summed E-state index contributed by atoms with van der Waals surface area (Å²) in [5, 5.41) is 8.64. The zero-order valence-corrected chi connectivity index (χ0v) is 18.4. The summed E-state index contributed by atoms with van der Waals surface area (Å²) >= 11 is 0. The van der Waals surface area contributed by atoms with Crippen molar-refractivity contribution >= 4 is 41.8 Å². The standard InChI is InChI=1S/C20H29N5O.2ClH/c1-11(2)25-19-17(10-22-25)16(7-12(3)23-19)20(26)24-18-13-5-4-6-14(18)9-15(21)8-13;;/h7,10-11,13-15,18H,4-6,8-9,21H2,1-3H3,(H,24,26);2*1H. The van der Waals surface area contributed by atoms with E-state index in [1.807, 2.05) is 17.7 Å². The zero-order valence-electron chi connectivity index (χ0n) is 16.7. The fourth-order valence-electron chi connectivity index (χ4n) is 4.96. The van der Waals surface area contributed by atoms with E-state index in [0.717, 1.165) is 29.6 Å². The molecule has 4 rings (SSSR count). The second kappa shape index (κ2) is 8.97. The molecular weight excluding hydrogens is 397 g/mol. The third-order valence-electron chi connectivity index (χ3n) is 6.10. The Kier molecular flexibility index (Phi) is 7.34. The van der Waals surface area contributed by atoms with Crippen LogP contribution in [0, 0.1) is 18.8 Å². The number of hydrogen-bond acceptors (Lipinski definition) is 4. The van der Waals surface area contributed by atoms with Crippen LogP contribution in [0.2, 0.25) is 0 Å². The average Bonchev–Trinajstić information content (AvgIpc) is 2.98. The van der Waals surface area contributed by atoms with Crippen LogP contribution in [0.25, 0.3) is 11.0 Å². The number of nitrogens with one attached hydrogen (secondary N) is 1. The normalized spacial score (nSPS) is 26.5. The molecule has 2 aliphatic carbocycles. The van der Waals surface area contributed by atoms with Gasteiger partial charge in [0.05, 0.1) is 17.1 Å². The summed E-state index contributed by atoms with van der Waals surface area (Å²) in [6, 6.07) is 2.63. The third-order valence-corrected chi connectivity index (χ3v) is 6.10. The second-order valence-electron chi connectivity index (χ2n) is 8.41. The van der Waals surface area contributed by atoms with E-state index in [9.17, 15) is 4.79 Å². The minimum Gasteiger partial charge on any atom is -0.349 e. The minimum atomic E-state index is 0. The van der Waals surface area contributed by atoms with Gasteiger partial charge in [0.15, 0.2) is 5.65 Å². The van der Waals surface area contributed by atoms with Gasteiger partial charge in [-0.3, -0.25) is 4.79 Å². The van der Waals surface area contributed by atoms with Gasteiger partial charge in [0.2, 0.25) is 0 Å². The molecule has 0 spiro atoms. The van der Waals surface area contributed by atoms with Crippen molar-refractivity contribution in [2.24, 2.45) is 17.6 Å². The number of amides is 1. The first-order chi connectivity index (χ1) is 12.4. The molecule has 3 N–H and O–H groups in total. The van der Waals surface area contributed by atoms with Crippen molar-refractivity contribution in [3.63, 3.8) is 0 Å². The van der Waals surface area contributed by atoms with E-state index in [4.69, 9.17) is 5.73 Å². The summed E-state index contributed by atoms with van der Waals surface area (Å²) in [6.45, 7) is 6.08. The van der Waals surface area contributed by atoms with Crippen molar-refractivity contribution in [1.29, 1.82) is 0 Å². The molecule has 8 heteroatoms. The van der Waals surface area contributed by atoms with Crippen molar-refractivity contribution < 1.29 is 4.79 Å². The molecule has 156 valence electrons. The summed E-state index contributed by atoms with van der Waals surface area (Å²) in [5.74, 6) is 1.03. The summed E-state index contributed by atoms with van der Waals surface area (Å²) in [6.07, 6.45) is 7.42. The molecule has 1 amide bonds. The molecular formula is C20H31Cl2N5O. The lowest BCUT2D eigenvalue weighted by Crippen LogP contribution is -2.53. The quantitative estimate of drug-likeness (QED) is 0.779. The number of carbonyl (C=O) groups excluding carboxylic acids is 1. The summed E-state index contributed by atoms with van der Waals surface area (Å²) < 4.78 is 1.88. The fraction of sp³-hybridized carbons (Fsp3) is 0.650. The van der Waals surface area contributed by atoms with E-state index in [-0.39, 0.29) is 48.8 Å². The van der Waals surface area contributed by atoms with Gasteiger partial charge >= 0.3 is 0 Å². The van der Waals surface area contributed by atoms with E-state index >= 15 is 0 Å². The monoisotopic (exact) mass is 427 g/mol. The number of fused-ring (bicyclic) bond motifs is 3. The largest absolute Gasteiger partial charge is 0.349 e. The summed E-state index contributed by atoms with van der Waals surface area (Å²) in [7, 11) is 0. The third kappa shape index (κ3) is 4.14. The zero-order chi connectivity index (χ0) is 18.4. The van der Waals surface area contributed by atoms with Gasteiger partial charge in [0.1, 0.15) is 0 Å². The van der Waals surface area contributed by atoms with E-state index in [1.165, 1.54) is 19.3 Å². The number of carbonyl (C=O) groups is 1. The lowest BCUT2D eigenvalue weighted by Gasteiger charge is -2.45. The van der Waals surface area contributed by atoms with Gasteiger partial charge in [-0.05, 0) is 64.4 Å². The Morgan fingerprint density at radius 2 is 1.89 bits per heavy atom. The highest BCUT2D eigenvalue weighted by Crippen LogP contribution is 2.39. The Morgan fingerprint density at radius 1 is 1.25 bits per heavy atom. The maximum Gasteiger partial charge on any atom is 0.252 e. The Balaban J connectivity index is 0.00000140. The van der Waals surface area contributed by atoms with Crippen molar-refractivity contribution in [3.05, 3.63) is 23.5 Å². The highest BCUT2D eigenvalue weighted by Gasteiger charge is 2.40. The van der Waals surface area contributed by atoms with Crippen molar-refractivity contribution in [2.45, 2.75) is 71.0 Å². The van der Waals surface area contributed by atoms with Crippen LogP contribution in [0.4, 0.5) is 0 Å². The number of halogens is 2. The number of hydrogen-bond donors (Lipinski definition) is 2. The van der Waals surface area contributed by atoms with Crippen LogP contribution in [-0.2, 0) is 0 Å². The fourth-order valence-corrected chi connectivity index (χ4v) is 4.96. The van der Waals surface area contributed by atoms with Crippen LogP contribution in [0.15, 0.2) is 12.3 Å². The first-order valence-electron chi connectivity index (χ1n) is 9.85. The van der Waals surface area contributed by atoms with Crippen molar-refractivity contribution in [1.82, 2.24) is 20.1 Å². The average molecular weight is 428 g/mol. The molecule has 0 radical (unpaired) electrons. The molecule has 2 atom stereocenters. The second-order valence-corrected chi connectivity index (χ2v) is 8.41. The Labute approximate surface area is 178 Å². The van der Waals surface area contributed by atoms with Gasteiger partial charge in [-0.25, -0.2) is 9.67 Å². The molecule has 2 aliphatic rings. The molecule has 28 heavy (non-hydrogen) atoms. The smallest absolute Gasteiger partial charge is 0.252 e. The topological polar surface area (TPSA) is 85.8 Å². The van der Waals surface area contributed by atoms with Crippen molar-refractivity contribution in [2.75, 3.05) is 0 Å². The molecule has 2 bridgehead atoms. The van der Waals surface area contributed by atoms with Crippen LogP contribution in [-0.4, -0.2) is 32.8 Å². The minimum absolute atomic E-state index is 0. The van der Waals surface area contributed by atoms with Gasteiger partial charge in [-0.2, -0.15) is 5.10 Å². The molecule has 0 aromatic carbocycles. The Bertz CT molecular complexity index is 823. The lowest BCUT2D eigenvalue weighted by molar-refractivity contribution is 0.0757. The molecule has 2 heterocycles. The first-order valence-corrected chi connectivity index (χ1v) is 9.85. The lowest BCUT2D eigenvalue weighted by atomic mass is 9.67. The predicted molar refractivity (Wildman–Crippen MR) is 116 cm³/mol. The number of aryl methyl sites for hydroxylation is 1. The van der Waals surface area contributed by atoms with Gasteiger partial charge in [0, 0.05) is 23.8 Å².